The SMILES string of the molecule is Cn1ccnc1CN(C(=O)c1ccc(S(N)(=O)=O)cc1)C1CC1. The van der Waals surface area contributed by atoms with Crippen molar-refractivity contribution in [3.05, 3.63) is 48.0 Å². The van der Waals surface area contributed by atoms with Gasteiger partial charge in [0.05, 0.1) is 11.4 Å². The zero-order valence-electron chi connectivity index (χ0n) is 12.7. The second-order valence-corrected chi connectivity index (χ2v) is 7.25. The Hall–Kier alpha value is -2.19. The molecule has 8 heteroatoms. The summed E-state index contributed by atoms with van der Waals surface area (Å²) >= 11 is 0. The number of rotatable bonds is 5. The van der Waals surface area contributed by atoms with Crippen molar-refractivity contribution in [3.63, 3.8) is 0 Å². The normalized spacial score (nSPS) is 14.7. The van der Waals surface area contributed by atoms with Gasteiger partial charge in [-0.3, -0.25) is 4.79 Å². The molecule has 1 heterocycles. The van der Waals surface area contributed by atoms with Gasteiger partial charge in [0.1, 0.15) is 5.82 Å². The maximum atomic E-state index is 12.7. The van der Waals surface area contributed by atoms with E-state index >= 15 is 0 Å². The Labute approximate surface area is 134 Å². The number of hydrogen-bond donors (Lipinski definition) is 1. The number of carbonyl (C=O) groups excluding carboxylic acids is 1. The zero-order valence-corrected chi connectivity index (χ0v) is 13.5. The van der Waals surface area contributed by atoms with Crippen molar-refractivity contribution in [1.29, 1.82) is 0 Å². The summed E-state index contributed by atoms with van der Waals surface area (Å²) in [5, 5.41) is 5.07. The van der Waals surface area contributed by atoms with Gasteiger partial charge in [-0.05, 0) is 37.1 Å². The largest absolute Gasteiger partial charge is 0.337 e. The highest BCUT2D eigenvalue weighted by Gasteiger charge is 2.33. The smallest absolute Gasteiger partial charge is 0.254 e. The predicted octanol–water partition coefficient (Wildman–Crippen LogP) is 0.872. The van der Waals surface area contributed by atoms with Crippen LogP contribution in [0.3, 0.4) is 0 Å². The van der Waals surface area contributed by atoms with Crippen LogP contribution in [0.15, 0.2) is 41.6 Å². The third-order valence-electron chi connectivity index (χ3n) is 3.91. The van der Waals surface area contributed by atoms with Crippen LogP contribution in [0.25, 0.3) is 0 Å². The standard InChI is InChI=1S/C15H18N4O3S/c1-18-9-8-17-14(18)10-19(12-4-5-12)15(20)11-2-6-13(7-3-11)23(16,21)22/h2-3,6-9,12H,4-5,10H2,1H3,(H2,16,21,22). The first-order valence-corrected chi connectivity index (χ1v) is 8.81. The third-order valence-corrected chi connectivity index (χ3v) is 4.84. The molecule has 2 aromatic rings. The minimum Gasteiger partial charge on any atom is -0.337 e. The molecule has 0 saturated heterocycles. The lowest BCUT2D eigenvalue weighted by Crippen LogP contribution is -2.33. The molecule has 0 atom stereocenters. The molecule has 1 aromatic heterocycles. The minimum absolute atomic E-state index is 0.00359. The molecule has 7 nitrogen and oxygen atoms in total. The Bertz CT molecular complexity index is 823. The van der Waals surface area contributed by atoms with E-state index in [0.717, 1.165) is 18.7 Å². The number of imidazole rings is 1. The first kappa shape index (κ1) is 15.7. The maximum absolute atomic E-state index is 12.7. The summed E-state index contributed by atoms with van der Waals surface area (Å²) in [6, 6.07) is 5.92. The van der Waals surface area contributed by atoms with Crippen molar-refractivity contribution in [2.75, 3.05) is 0 Å². The molecule has 23 heavy (non-hydrogen) atoms. The van der Waals surface area contributed by atoms with Crippen LogP contribution in [0, 0.1) is 0 Å². The molecule has 0 unspecified atom stereocenters. The van der Waals surface area contributed by atoms with Crippen molar-refractivity contribution in [3.8, 4) is 0 Å². The molecule has 0 spiro atoms. The van der Waals surface area contributed by atoms with Gasteiger partial charge in [-0.1, -0.05) is 0 Å². The summed E-state index contributed by atoms with van der Waals surface area (Å²) in [7, 11) is -1.87. The van der Waals surface area contributed by atoms with E-state index in [-0.39, 0.29) is 16.8 Å². The molecule has 1 amide bonds. The third kappa shape index (κ3) is 3.43. The second kappa shape index (κ2) is 5.78. The van der Waals surface area contributed by atoms with Crippen molar-refractivity contribution < 1.29 is 13.2 Å². The van der Waals surface area contributed by atoms with Crippen molar-refractivity contribution >= 4 is 15.9 Å². The summed E-state index contributed by atoms with van der Waals surface area (Å²) in [4.78, 5) is 18.8. The quantitative estimate of drug-likeness (QED) is 0.877. The zero-order chi connectivity index (χ0) is 16.6. The van der Waals surface area contributed by atoms with Gasteiger partial charge in [0, 0.05) is 31.0 Å². The number of aryl methyl sites for hydroxylation is 1. The average Bonchev–Trinajstić information content (AvgIpc) is 3.27. The van der Waals surface area contributed by atoms with Gasteiger partial charge in [0.2, 0.25) is 10.0 Å². The summed E-state index contributed by atoms with van der Waals surface area (Å²) in [5.74, 6) is 0.683. The lowest BCUT2D eigenvalue weighted by Gasteiger charge is -2.22. The van der Waals surface area contributed by atoms with Crippen LogP contribution in [-0.4, -0.2) is 34.8 Å². The van der Waals surface area contributed by atoms with E-state index in [4.69, 9.17) is 5.14 Å². The highest BCUT2D eigenvalue weighted by molar-refractivity contribution is 7.89. The molecule has 3 rings (SSSR count). The Morgan fingerprint density at radius 3 is 2.48 bits per heavy atom. The molecule has 1 aromatic carbocycles. The van der Waals surface area contributed by atoms with Gasteiger partial charge in [0.15, 0.2) is 0 Å². The van der Waals surface area contributed by atoms with Gasteiger partial charge in [0.25, 0.3) is 5.91 Å². The number of primary sulfonamides is 1. The number of carbonyl (C=O) groups is 1. The fraction of sp³-hybridized carbons (Fsp3) is 0.333. The molecule has 1 fully saturated rings. The van der Waals surface area contributed by atoms with E-state index in [0.29, 0.717) is 12.1 Å². The van der Waals surface area contributed by atoms with E-state index in [1.807, 2.05) is 17.8 Å². The number of benzene rings is 1. The minimum atomic E-state index is -3.75. The van der Waals surface area contributed by atoms with Crippen LogP contribution >= 0.6 is 0 Å². The van der Waals surface area contributed by atoms with Crippen LogP contribution < -0.4 is 5.14 Å². The molecule has 0 radical (unpaired) electrons. The predicted molar refractivity (Wildman–Crippen MR) is 83.9 cm³/mol. The highest BCUT2D eigenvalue weighted by Crippen LogP contribution is 2.29. The molecular formula is C15H18N4O3S. The number of hydrogen-bond acceptors (Lipinski definition) is 4. The van der Waals surface area contributed by atoms with Crippen LogP contribution in [-0.2, 0) is 23.6 Å². The van der Waals surface area contributed by atoms with E-state index in [1.54, 1.807) is 11.1 Å². The van der Waals surface area contributed by atoms with E-state index in [9.17, 15) is 13.2 Å². The lowest BCUT2D eigenvalue weighted by molar-refractivity contribution is 0.0724. The second-order valence-electron chi connectivity index (χ2n) is 5.69. The summed E-state index contributed by atoms with van der Waals surface area (Å²) < 4.78 is 24.5. The number of amides is 1. The Balaban J connectivity index is 1.83. The molecule has 2 N–H and O–H groups in total. The highest BCUT2D eigenvalue weighted by atomic mass is 32.2. The monoisotopic (exact) mass is 334 g/mol. The molecule has 1 aliphatic carbocycles. The summed E-state index contributed by atoms with van der Waals surface area (Å²) in [5.41, 5.74) is 0.443. The van der Waals surface area contributed by atoms with Gasteiger partial charge in [-0.25, -0.2) is 18.5 Å². The first-order valence-electron chi connectivity index (χ1n) is 7.26. The maximum Gasteiger partial charge on any atom is 0.254 e. The van der Waals surface area contributed by atoms with Gasteiger partial charge < -0.3 is 9.47 Å². The number of nitrogens with two attached hydrogens (primary N) is 1. The van der Waals surface area contributed by atoms with Crippen LogP contribution in [0.4, 0.5) is 0 Å². The van der Waals surface area contributed by atoms with Crippen LogP contribution in [0.2, 0.25) is 0 Å². The average molecular weight is 334 g/mol. The number of aromatic nitrogens is 2. The Morgan fingerprint density at radius 1 is 1.35 bits per heavy atom. The topological polar surface area (TPSA) is 98.3 Å². The molecular weight excluding hydrogens is 316 g/mol. The molecule has 122 valence electrons. The van der Waals surface area contributed by atoms with Crippen molar-refractivity contribution in [1.82, 2.24) is 14.5 Å². The Kier molecular flexibility index (Phi) is 3.95. The lowest BCUT2D eigenvalue weighted by atomic mass is 10.2. The first-order chi connectivity index (χ1) is 10.9. The van der Waals surface area contributed by atoms with Crippen LogP contribution in [0.1, 0.15) is 29.0 Å². The van der Waals surface area contributed by atoms with Gasteiger partial charge in [-0.15, -0.1) is 0 Å². The van der Waals surface area contributed by atoms with E-state index in [1.165, 1.54) is 24.3 Å². The summed E-state index contributed by atoms with van der Waals surface area (Å²) in [6.07, 6.45) is 5.49. The fourth-order valence-corrected chi connectivity index (χ4v) is 2.92. The number of sulfonamides is 1. The Morgan fingerprint density at radius 2 is 2.00 bits per heavy atom. The molecule has 0 aliphatic heterocycles. The molecule has 0 bridgehead atoms. The van der Waals surface area contributed by atoms with Crippen molar-refractivity contribution in [2.24, 2.45) is 12.2 Å². The fourth-order valence-electron chi connectivity index (χ4n) is 2.41. The van der Waals surface area contributed by atoms with Crippen LogP contribution in [0.5, 0.6) is 0 Å². The molecule has 1 saturated carbocycles. The number of nitrogens with zero attached hydrogens (tertiary/aromatic N) is 3. The summed E-state index contributed by atoms with van der Waals surface area (Å²) in [6.45, 7) is 0.434. The van der Waals surface area contributed by atoms with Gasteiger partial charge in [-0.2, -0.15) is 0 Å². The van der Waals surface area contributed by atoms with Crippen molar-refractivity contribution in [2.45, 2.75) is 30.3 Å². The van der Waals surface area contributed by atoms with E-state index < -0.39 is 10.0 Å². The molecule has 1 aliphatic rings. The van der Waals surface area contributed by atoms with Gasteiger partial charge >= 0.3 is 0 Å². The van der Waals surface area contributed by atoms with E-state index in [2.05, 4.69) is 4.98 Å².